The molecule has 0 aliphatic heterocycles. The number of aliphatic hydroxyl groups excluding tert-OH is 1. The third-order valence-electron chi connectivity index (χ3n) is 4.26. The Morgan fingerprint density at radius 2 is 1.83 bits per heavy atom. The monoisotopic (exact) mass is 408 g/mol. The van der Waals surface area contributed by atoms with Crippen LogP contribution in [0.2, 0.25) is 0 Å². The van der Waals surface area contributed by atoms with E-state index < -0.39 is 29.7 Å². The molecule has 0 spiro atoms. The molecule has 1 atom stereocenters. The second-order valence-electron chi connectivity index (χ2n) is 5.93. The minimum Gasteiger partial charge on any atom is -0.502 e. The number of carbonyl (C=O) groups is 1. The SMILES string of the molecule is CCOC(=O)C[C@H](c1ccc(OC)c(OC)c1OC)c1oc(CO)cc(=O)c1O. The van der Waals surface area contributed by atoms with Gasteiger partial charge >= 0.3 is 5.97 Å². The Labute approximate surface area is 167 Å². The predicted molar refractivity (Wildman–Crippen MR) is 102 cm³/mol. The molecule has 2 N–H and O–H groups in total. The molecular formula is C20H24O9. The number of esters is 1. The van der Waals surface area contributed by atoms with Crippen molar-refractivity contribution >= 4 is 5.97 Å². The summed E-state index contributed by atoms with van der Waals surface area (Å²) in [6.07, 6.45) is -0.259. The van der Waals surface area contributed by atoms with E-state index in [0.717, 1.165) is 6.07 Å². The van der Waals surface area contributed by atoms with Crippen LogP contribution in [-0.2, 0) is 16.1 Å². The van der Waals surface area contributed by atoms with E-state index in [9.17, 15) is 19.8 Å². The normalized spacial score (nSPS) is 11.6. The Balaban J connectivity index is 2.75. The van der Waals surface area contributed by atoms with Gasteiger partial charge in [-0.1, -0.05) is 6.07 Å². The average molecular weight is 408 g/mol. The largest absolute Gasteiger partial charge is 0.502 e. The number of hydrogen-bond donors (Lipinski definition) is 2. The highest BCUT2D eigenvalue weighted by atomic mass is 16.5. The molecule has 0 bridgehead atoms. The maximum atomic E-state index is 12.3. The summed E-state index contributed by atoms with van der Waals surface area (Å²) in [5.74, 6) is -1.57. The van der Waals surface area contributed by atoms with Gasteiger partial charge in [-0.05, 0) is 13.0 Å². The summed E-state index contributed by atoms with van der Waals surface area (Å²) in [5.41, 5.74) is -0.352. The van der Waals surface area contributed by atoms with Crippen LogP contribution in [0.25, 0.3) is 0 Å². The Hall–Kier alpha value is -3.20. The fourth-order valence-electron chi connectivity index (χ4n) is 3.00. The molecule has 1 heterocycles. The lowest BCUT2D eigenvalue weighted by atomic mass is 9.90. The predicted octanol–water partition coefficient (Wildman–Crippen LogP) is 1.95. The second kappa shape index (κ2) is 9.83. The number of aromatic hydroxyl groups is 1. The van der Waals surface area contributed by atoms with Gasteiger partial charge in [-0.2, -0.15) is 0 Å². The van der Waals surface area contributed by atoms with Crippen molar-refractivity contribution in [3.05, 3.63) is 45.5 Å². The standard InChI is InChI=1S/C20H24O9/c1-5-28-16(23)9-13(18-17(24)14(22)8-11(10-21)29-18)12-6-7-15(25-2)20(27-4)19(12)26-3/h6-8,13,21,24H,5,9-10H2,1-4H3/t13-/m1/s1. The summed E-state index contributed by atoms with van der Waals surface area (Å²) in [6, 6.07) is 4.18. The molecule has 9 heteroatoms. The minimum absolute atomic E-state index is 0.0592. The lowest BCUT2D eigenvalue weighted by Crippen LogP contribution is -2.16. The molecule has 29 heavy (non-hydrogen) atoms. The van der Waals surface area contributed by atoms with Crippen LogP contribution in [-0.4, -0.2) is 44.1 Å². The topological polar surface area (TPSA) is 125 Å². The third-order valence-corrected chi connectivity index (χ3v) is 4.26. The van der Waals surface area contributed by atoms with Crippen molar-refractivity contribution in [2.45, 2.75) is 25.9 Å². The summed E-state index contributed by atoms with van der Waals surface area (Å²) < 4.78 is 26.7. The van der Waals surface area contributed by atoms with E-state index in [-0.39, 0.29) is 36.0 Å². The van der Waals surface area contributed by atoms with Crippen molar-refractivity contribution in [3.63, 3.8) is 0 Å². The first-order valence-corrected chi connectivity index (χ1v) is 8.82. The molecule has 0 radical (unpaired) electrons. The number of hydrogen-bond acceptors (Lipinski definition) is 9. The molecule has 2 rings (SSSR count). The maximum absolute atomic E-state index is 12.3. The van der Waals surface area contributed by atoms with Gasteiger partial charge in [0.25, 0.3) is 0 Å². The Morgan fingerprint density at radius 1 is 1.14 bits per heavy atom. The van der Waals surface area contributed by atoms with Crippen LogP contribution in [0.4, 0.5) is 0 Å². The number of carbonyl (C=O) groups excluding carboxylic acids is 1. The second-order valence-corrected chi connectivity index (χ2v) is 5.93. The van der Waals surface area contributed by atoms with Gasteiger partial charge in [-0.3, -0.25) is 9.59 Å². The van der Waals surface area contributed by atoms with Crippen LogP contribution >= 0.6 is 0 Å². The molecule has 0 saturated carbocycles. The van der Waals surface area contributed by atoms with Gasteiger partial charge < -0.3 is 33.6 Å². The van der Waals surface area contributed by atoms with Crippen LogP contribution in [0.5, 0.6) is 23.0 Å². The molecular weight excluding hydrogens is 384 g/mol. The summed E-state index contributed by atoms with van der Waals surface area (Å²) in [5, 5.41) is 19.7. The van der Waals surface area contributed by atoms with Crippen LogP contribution < -0.4 is 19.6 Å². The average Bonchev–Trinajstić information content (AvgIpc) is 2.73. The highest BCUT2D eigenvalue weighted by Gasteiger charge is 2.31. The van der Waals surface area contributed by atoms with E-state index in [2.05, 4.69) is 0 Å². The molecule has 0 aliphatic carbocycles. The fourth-order valence-corrected chi connectivity index (χ4v) is 3.00. The van der Waals surface area contributed by atoms with Crippen LogP contribution in [0.1, 0.15) is 36.3 Å². The van der Waals surface area contributed by atoms with E-state index in [1.54, 1.807) is 19.1 Å². The molecule has 0 amide bonds. The first-order valence-electron chi connectivity index (χ1n) is 8.82. The zero-order valence-corrected chi connectivity index (χ0v) is 16.7. The number of benzene rings is 1. The Kier molecular flexibility index (Phi) is 7.49. The van der Waals surface area contributed by atoms with Crippen LogP contribution in [0.15, 0.2) is 27.4 Å². The van der Waals surface area contributed by atoms with E-state index in [4.69, 9.17) is 23.4 Å². The number of methoxy groups -OCH3 is 3. The molecule has 0 unspecified atom stereocenters. The number of ether oxygens (including phenoxy) is 4. The van der Waals surface area contributed by atoms with E-state index in [1.807, 2.05) is 0 Å². The van der Waals surface area contributed by atoms with Gasteiger partial charge in [-0.25, -0.2) is 0 Å². The lowest BCUT2D eigenvalue weighted by molar-refractivity contribution is -0.143. The molecule has 0 fully saturated rings. The van der Waals surface area contributed by atoms with Crippen molar-refractivity contribution in [1.82, 2.24) is 0 Å². The quantitative estimate of drug-likeness (QED) is 0.599. The summed E-state index contributed by atoms with van der Waals surface area (Å²) >= 11 is 0. The lowest BCUT2D eigenvalue weighted by Gasteiger charge is -2.22. The minimum atomic E-state index is -0.956. The van der Waals surface area contributed by atoms with E-state index in [0.29, 0.717) is 11.3 Å². The summed E-state index contributed by atoms with van der Waals surface area (Å²) in [4.78, 5) is 24.4. The van der Waals surface area contributed by atoms with Gasteiger partial charge in [0.05, 0.1) is 40.3 Å². The molecule has 1 aromatic carbocycles. The zero-order chi connectivity index (χ0) is 21.6. The first kappa shape index (κ1) is 22.1. The first-order chi connectivity index (χ1) is 13.9. The molecule has 158 valence electrons. The number of rotatable bonds is 9. The van der Waals surface area contributed by atoms with Gasteiger partial charge in [0.1, 0.15) is 12.4 Å². The van der Waals surface area contributed by atoms with Crippen LogP contribution in [0.3, 0.4) is 0 Å². The zero-order valence-electron chi connectivity index (χ0n) is 16.7. The molecule has 1 aromatic heterocycles. The molecule has 2 aromatic rings. The maximum Gasteiger partial charge on any atom is 0.306 e. The van der Waals surface area contributed by atoms with Gasteiger partial charge in [0.2, 0.25) is 16.9 Å². The van der Waals surface area contributed by atoms with Crippen molar-refractivity contribution in [2.24, 2.45) is 0 Å². The van der Waals surface area contributed by atoms with Gasteiger partial charge in [0.15, 0.2) is 17.3 Å². The highest BCUT2D eigenvalue weighted by molar-refractivity contribution is 5.72. The summed E-state index contributed by atoms with van der Waals surface area (Å²) in [6.45, 7) is 1.26. The van der Waals surface area contributed by atoms with Crippen molar-refractivity contribution in [2.75, 3.05) is 27.9 Å². The van der Waals surface area contributed by atoms with Gasteiger partial charge in [-0.15, -0.1) is 0 Å². The van der Waals surface area contributed by atoms with Crippen molar-refractivity contribution in [1.29, 1.82) is 0 Å². The van der Waals surface area contributed by atoms with Crippen molar-refractivity contribution in [3.8, 4) is 23.0 Å². The molecule has 0 aliphatic rings. The Bertz CT molecular complexity index is 917. The smallest absolute Gasteiger partial charge is 0.306 e. The third kappa shape index (κ3) is 4.62. The fraction of sp³-hybridized carbons (Fsp3) is 0.400. The summed E-state index contributed by atoms with van der Waals surface area (Å²) in [7, 11) is 4.29. The molecule has 9 nitrogen and oxygen atoms in total. The Morgan fingerprint density at radius 3 is 2.38 bits per heavy atom. The van der Waals surface area contributed by atoms with E-state index in [1.165, 1.54) is 21.3 Å². The van der Waals surface area contributed by atoms with Crippen LogP contribution in [0, 0.1) is 0 Å². The molecule has 0 saturated heterocycles. The van der Waals surface area contributed by atoms with Crippen molar-refractivity contribution < 1.29 is 38.4 Å². The van der Waals surface area contributed by atoms with E-state index >= 15 is 0 Å². The number of aliphatic hydroxyl groups is 1. The van der Waals surface area contributed by atoms with Gasteiger partial charge in [0, 0.05) is 11.6 Å². The highest BCUT2D eigenvalue weighted by Crippen LogP contribution is 2.46.